The summed E-state index contributed by atoms with van der Waals surface area (Å²) in [5, 5.41) is 0. The lowest BCUT2D eigenvalue weighted by molar-refractivity contribution is -0.896. The number of rotatable bonds is 4. The lowest BCUT2D eigenvalue weighted by atomic mass is 9.99. The van der Waals surface area contributed by atoms with Crippen molar-refractivity contribution in [1.82, 2.24) is 9.21 Å². The standard InChI is InChI=1S/C20H29N3O5S/c1-16-4-6-22(7-5-16)20(24)15-21-8-10-23(11-9-21)29(25,26)17-2-3-18-19(14-17)28-13-12-27-18/h2-3,14,16H,4-13,15H2,1H3/p+1. The first kappa shape index (κ1) is 20.4. The summed E-state index contributed by atoms with van der Waals surface area (Å²) in [6, 6.07) is 4.77. The largest absolute Gasteiger partial charge is 0.486 e. The second kappa shape index (κ2) is 8.49. The maximum absolute atomic E-state index is 13.0. The van der Waals surface area contributed by atoms with E-state index in [4.69, 9.17) is 9.47 Å². The molecule has 0 atom stereocenters. The molecule has 29 heavy (non-hydrogen) atoms. The van der Waals surface area contributed by atoms with Gasteiger partial charge in [-0.1, -0.05) is 6.92 Å². The Morgan fingerprint density at radius 3 is 2.41 bits per heavy atom. The topological polar surface area (TPSA) is 80.6 Å². The fraction of sp³-hybridized carbons (Fsp3) is 0.650. The minimum Gasteiger partial charge on any atom is -0.486 e. The number of hydrogen-bond donors (Lipinski definition) is 1. The summed E-state index contributed by atoms with van der Waals surface area (Å²) in [7, 11) is -3.58. The van der Waals surface area contributed by atoms with E-state index >= 15 is 0 Å². The summed E-state index contributed by atoms with van der Waals surface area (Å²) in [5.74, 6) is 1.94. The van der Waals surface area contributed by atoms with Gasteiger partial charge in [-0.2, -0.15) is 4.31 Å². The number of quaternary nitrogens is 1. The van der Waals surface area contributed by atoms with E-state index in [1.165, 1.54) is 4.31 Å². The van der Waals surface area contributed by atoms with Gasteiger partial charge in [0.25, 0.3) is 5.91 Å². The molecule has 3 aliphatic heterocycles. The second-order valence-corrected chi connectivity index (χ2v) is 10.1. The van der Waals surface area contributed by atoms with Gasteiger partial charge in [0.05, 0.1) is 31.1 Å². The van der Waals surface area contributed by atoms with Gasteiger partial charge in [-0.05, 0) is 30.9 Å². The number of amides is 1. The van der Waals surface area contributed by atoms with Gasteiger partial charge in [-0.15, -0.1) is 0 Å². The lowest BCUT2D eigenvalue weighted by Gasteiger charge is -2.34. The van der Waals surface area contributed by atoms with E-state index in [1.54, 1.807) is 18.2 Å². The third-order valence-electron chi connectivity index (χ3n) is 6.12. The smallest absolute Gasteiger partial charge is 0.277 e. The number of likely N-dealkylation sites (tertiary alicyclic amines) is 1. The molecule has 9 heteroatoms. The summed E-state index contributed by atoms with van der Waals surface area (Å²) in [5.41, 5.74) is 0. The van der Waals surface area contributed by atoms with Crippen molar-refractivity contribution < 1.29 is 27.6 Å². The third kappa shape index (κ3) is 4.51. The monoisotopic (exact) mass is 424 g/mol. The Morgan fingerprint density at radius 2 is 1.72 bits per heavy atom. The predicted molar refractivity (Wildman–Crippen MR) is 107 cm³/mol. The number of hydrogen-bond acceptors (Lipinski definition) is 5. The molecule has 1 amide bonds. The number of nitrogens with one attached hydrogen (secondary N) is 1. The van der Waals surface area contributed by atoms with Crippen molar-refractivity contribution in [3.05, 3.63) is 18.2 Å². The number of carbonyl (C=O) groups excluding carboxylic acids is 1. The molecule has 3 heterocycles. The Bertz CT molecular complexity index is 844. The van der Waals surface area contributed by atoms with Crippen molar-refractivity contribution in [3.8, 4) is 11.5 Å². The Labute approximate surface area is 172 Å². The number of carbonyl (C=O) groups is 1. The molecule has 0 bridgehead atoms. The highest BCUT2D eigenvalue weighted by Gasteiger charge is 2.33. The minimum absolute atomic E-state index is 0.190. The number of benzene rings is 1. The van der Waals surface area contributed by atoms with Gasteiger partial charge in [0.2, 0.25) is 10.0 Å². The summed E-state index contributed by atoms with van der Waals surface area (Å²) in [6.07, 6.45) is 2.14. The van der Waals surface area contributed by atoms with Crippen LogP contribution in [0.25, 0.3) is 0 Å². The molecule has 0 aromatic heterocycles. The van der Waals surface area contributed by atoms with E-state index in [-0.39, 0.29) is 10.8 Å². The fourth-order valence-corrected chi connectivity index (χ4v) is 5.59. The van der Waals surface area contributed by atoms with Crippen molar-refractivity contribution in [2.45, 2.75) is 24.7 Å². The molecule has 160 valence electrons. The highest BCUT2D eigenvalue weighted by Crippen LogP contribution is 2.33. The first-order valence-corrected chi connectivity index (χ1v) is 11.9. The number of piperidine rings is 1. The van der Waals surface area contributed by atoms with Gasteiger partial charge in [0.15, 0.2) is 18.0 Å². The summed E-state index contributed by atoms with van der Waals surface area (Å²) in [6.45, 7) is 7.37. The SMILES string of the molecule is CC1CCN(C(=O)C[NH+]2CCN(S(=O)(=O)c3ccc4c(c3)OCCO4)CC2)CC1. The Balaban J connectivity index is 1.33. The average Bonchev–Trinajstić information content (AvgIpc) is 2.74. The summed E-state index contributed by atoms with van der Waals surface area (Å²) in [4.78, 5) is 15.9. The molecule has 4 rings (SSSR count). The lowest BCUT2D eigenvalue weighted by Crippen LogP contribution is -3.15. The molecule has 1 aromatic carbocycles. The second-order valence-electron chi connectivity index (χ2n) is 8.20. The number of nitrogens with zero attached hydrogens (tertiary/aromatic N) is 2. The molecule has 2 fully saturated rings. The Morgan fingerprint density at radius 1 is 1.07 bits per heavy atom. The first-order valence-electron chi connectivity index (χ1n) is 10.4. The van der Waals surface area contributed by atoms with Crippen molar-refractivity contribution in [1.29, 1.82) is 0 Å². The number of ether oxygens (including phenoxy) is 2. The third-order valence-corrected chi connectivity index (χ3v) is 8.01. The van der Waals surface area contributed by atoms with E-state index < -0.39 is 10.0 Å². The highest BCUT2D eigenvalue weighted by atomic mass is 32.2. The molecule has 0 unspecified atom stereocenters. The number of piperazine rings is 1. The van der Waals surface area contributed by atoms with Crippen LogP contribution in [0.3, 0.4) is 0 Å². The van der Waals surface area contributed by atoms with E-state index in [9.17, 15) is 13.2 Å². The quantitative estimate of drug-likeness (QED) is 0.712. The Hall–Kier alpha value is -1.84. The fourth-order valence-electron chi connectivity index (χ4n) is 4.14. The molecule has 3 aliphatic rings. The van der Waals surface area contributed by atoms with Gasteiger partial charge in [-0.25, -0.2) is 8.42 Å². The van der Waals surface area contributed by atoms with Gasteiger partial charge >= 0.3 is 0 Å². The van der Waals surface area contributed by atoms with Crippen LogP contribution in [0.5, 0.6) is 11.5 Å². The van der Waals surface area contributed by atoms with Crippen LogP contribution in [0.15, 0.2) is 23.1 Å². The number of sulfonamides is 1. The first-order chi connectivity index (χ1) is 13.9. The summed E-state index contributed by atoms with van der Waals surface area (Å²) < 4.78 is 38.5. The van der Waals surface area contributed by atoms with Crippen LogP contribution in [0.4, 0.5) is 0 Å². The molecular weight excluding hydrogens is 394 g/mol. The van der Waals surface area contributed by atoms with E-state index in [0.717, 1.165) is 30.8 Å². The van der Waals surface area contributed by atoms with Crippen molar-refractivity contribution in [2.24, 2.45) is 5.92 Å². The molecule has 1 aromatic rings. The predicted octanol–water partition coefficient (Wildman–Crippen LogP) is -0.394. The van der Waals surface area contributed by atoms with Crippen LogP contribution in [-0.4, -0.2) is 82.6 Å². The highest BCUT2D eigenvalue weighted by molar-refractivity contribution is 7.89. The zero-order chi connectivity index (χ0) is 20.4. The molecule has 0 aliphatic carbocycles. The molecular formula is C20H30N3O5S+. The zero-order valence-electron chi connectivity index (χ0n) is 16.9. The number of fused-ring (bicyclic) bond motifs is 1. The van der Waals surface area contributed by atoms with Crippen molar-refractivity contribution in [2.75, 3.05) is 59.0 Å². The normalized spacial score (nSPS) is 21.9. The minimum atomic E-state index is -3.58. The van der Waals surface area contributed by atoms with E-state index in [1.807, 2.05) is 4.90 Å². The zero-order valence-corrected chi connectivity index (χ0v) is 17.7. The van der Waals surface area contributed by atoms with Gasteiger partial charge < -0.3 is 19.3 Å². The average molecular weight is 425 g/mol. The molecule has 2 saturated heterocycles. The van der Waals surface area contributed by atoms with Crippen LogP contribution in [-0.2, 0) is 14.8 Å². The van der Waals surface area contributed by atoms with E-state index in [2.05, 4.69) is 6.92 Å². The van der Waals surface area contributed by atoms with Crippen molar-refractivity contribution in [3.63, 3.8) is 0 Å². The summed E-state index contributed by atoms with van der Waals surface area (Å²) >= 11 is 0. The van der Waals surface area contributed by atoms with Crippen LogP contribution < -0.4 is 14.4 Å². The Kier molecular flexibility index (Phi) is 5.98. The van der Waals surface area contributed by atoms with E-state index in [0.29, 0.717) is 63.4 Å². The van der Waals surface area contributed by atoms with Crippen LogP contribution in [0, 0.1) is 5.92 Å². The molecule has 0 saturated carbocycles. The maximum Gasteiger partial charge on any atom is 0.277 e. The molecule has 0 radical (unpaired) electrons. The van der Waals surface area contributed by atoms with Gasteiger partial charge in [-0.3, -0.25) is 4.79 Å². The van der Waals surface area contributed by atoms with Crippen LogP contribution in [0.2, 0.25) is 0 Å². The van der Waals surface area contributed by atoms with Gasteiger partial charge in [0.1, 0.15) is 13.2 Å². The molecule has 0 spiro atoms. The van der Waals surface area contributed by atoms with Gasteiger partial charge in [0, 0.05) is 19.2 Å². The maximum atomic E-state index is 13.0. The van der Waals surface area contributed by atoms with Crippen LogP contribution >= 0.6 is 0 Å². The van der Waals surface area contributed by atoms with Crippen molar-refractivity contribution >= 4 is 15.9 Å². The van der Waals surface area contributed by atoms with Crippen LogP contribution in [0.1, 0.15) is 19.8 Å². The molecule has 1 N–H and O–H groups in total. The molecule has 8 nitrogen and oxygen atoms in total.